The van der Waals surface area contributed by atoms with Crippen molar-refractivity contribution in [2.45, 2.75) is 17.4 Å². The first-order valence-corrected chi connectivity index (χ1v) is 7.55. The Kier molecular flexibility index (Phi) is 6.67. The maximum atomic E-state index is 11.7. The number of aliphatic hydroxyl groups is 1. The van der Waals surface area contributed by atoms with Gasteiger partial charge in [-0.05, 0) is 31.4 Å². The van der Waals surface area contributed by atoms with Crippen molar-refractivity contribution in [3.63, 3.8) is 0 Å². The summed E-state index contributed by atoms with van der Waals surface area (Å²) >= 11 is 1.54. The molecular weight excluding hydrogens is 292 g/mol. The standard InChI is InChI=1S/C14H20N2O4S/c1-14(19,9-20-2)8-15-12(17)13(18)16-10-5-4-6-11(7-10)21-3/h4-7,19H,8-9H2,1-3H3,(H,15,17)(H,16,18). The Hall–Kier alpha value is -1.57. The number of methoxy groups -OCH3 is 1. The second-order valence-corrected chi connectivity index (χ2v) is 5.68. The number of hydrogen-bond donors (Lipinski definition) is 3. The van der Waals surface area contributed by atoms with Crippen LogP contribution < -0.4 is 10.6 Å². The van der Waals surface area contributed by atoms with Crippen LogP contribution in [0.4, 0.5) is 5.69 Å². The van der Waals surface area contributed by atoms with Crippen molar-refractivity contribution in [2.24, 2.45) is 0 Å². The van der Waals surface area contributed by atoms with Gasteiger partial charge in [-0.3, -0.25) is 9.59 Å². The van der Waals surface area contributed by atoms with Gasteiger partial charge >= 0.3 is 11.8 Å². The van der Waals surface area contributed by atoms with E-state index in [0.29, 0.717) is 5.69 Å². The minimum Gasteiger partial charge on any atom is -0.386 e. The molecule has 0 saturated carbocycles. The van der Waals surface area contributed by atoms with E-state index in [1.165, 1.54) is 25.8 Å². The zero-order valence-electron chi connectivity index (χ0n) is 12.3. The van der Waals surface area contributed by atoms with Gasteiger partial charge in [-0.15, -0.1) is 11.8 Å². The lowest BCUT2D eigenvalue weighted by Gasteiger charge is -2.22. The minimum atomic E-state index is -1.22. The van der Waals surface area contributed by atoms with Crippen LogP contribution in [0.3, 0.4) is 0 Å². The Balaban J connectivity index is 2.53. The molecule has 3 N–H and O–H groups in total. The molecule has 0 aromatic heterocycles. The fourth-order valence-corrected chi connectivity index (χ4v) is 2.06. The van der Waals surface area contributed by atoms with Crippen molar-refractivity contribution < 1.29 is 19.4 Å². The van der Waals surface area contributed by atoms with Gasteiger partial charge < -0.3 is 20.5 Å². The Labute approximate surface area is 128 Å². The van der Waals surface area contributed by atoms with Gasteiger partial charge in [0.05, 0.1) is 6.61 Å². The molecule has 1 aromatic rings. The molecule has 1 rings (SSSR count). The summed E-state index contributed by atoms with van der Waals surface area (Å²) in [6, 6.07) is 7.17. The monoisotopic (exact) mass is 312 g/mol. The summed E-state index contributed by atoms with van der Waals surface area (Å²) in [5.74, 6) is -1.58. The number of benzene rings is 1. The maximum Gasteiger partial charge on any atom is 0.313 e. The smallest absolute Gasteiger partial charge is 0.313 e. The summed E-state index contributed by atoms with van der Waals surface area (Å²) in [7, 11) is 1.45. The molecule has 6 nitrogen and oxygen atoms in total. The Morgan fingerprint density at radius 3 is 2.71 bits per heavy atom. The predicted octanol–water partition coefficient (Wildman–Crippen LogP) is 0.861. The van der Waals surface area contributed by atoms with Crippen LogP contribution in [0, 0.1) is 0 Å². The predicted molar refractivity (Wildman–Crippen MR) is 82.4 cm³/mol. The number of carbonyl (C=O) groups is 2. The first-order chi connectivity index (χ1) is 9.88. The van der Waals surface area contributed by atoms with Crippen LogP contribution in [0.25, 0.3) is 0 Å². The number of anilines is 1. The van der Waals surface area contributed by atoms with Gasteiger partial charge in [0.1, 0.15) is 5.60 Å². The first kappa shape index (κ1) is 17.5. The number of hydrogen-bond acceptors (Lipinski definition) is 5. The summed E-state index contributed by atoms with van der Waals surface area (Å²) in [4.78, 5) is 24.4. The van der Waals surface area contributed by atoms with E-state index in [-0.39, 0.29) is 13.2 Å². The molecule has 2 amide bonds. The van der Waals surface area contributed by atoms with Gasteiger partial charge in [0, 0.05) is 24.2 Å². The van der Waals surface area contributed by atoms with Crippen molar-refractivity contribution in [1.29, 1.82) is 0 Å². The van der Waals surface area contributed by atoms with E-state index in [9.17, 15) is 14.7 Å². The molecule has 1 aromatic carbocycles. The lowest BCUT2D eigenvalue weighted by molar-refractivity contribution is -0.137. The van der Waals surface area contributed by atoms with Gasteiger partial charge in [-0.1, -0.05) is 6.07 Å². The molecule has 0 radical (unpaired) electrons. The van der Waals surface area contributed by atoms with Crippen LogP contribution in [0.2, 0.25) is 0 Å². The number of carbonyl (C=O) groups excluding carboxylic acids is 2. The third-order valence-electron chi connectivity index (χ3n) is 2.62. The quantitative estimate of drug-likeness (QED) is 0.536. The molecule has 1 unspecified atom stereocenters. The number of rotatable bonds is 6. The number of ether oxygens (including phenoxy) is 1. The highest BCUT2D eigenvalue weighted by molar-refractivity contribution is 7.98. The van der Waals surface area contributed by atoms with Crippen LogP contribution in [-0.4, -0.2) is 49.0 Å². The van der Waals surface area contributed by atoms with Gasteiger partial charge in [-0.25, -0.2) is 0 Å². The molecular formula is C14H20N2O4S. The molecule has 1 atom stereocenters. The summed E-state index contributed by atoms with van der Waals surface area (Å²) in [6.45, 7) is 1.50. The fourth-order valence-electron chi connectivity index (χ4n) is 1.60. The normalized spacial score (nSPS) is 13.3. The molecule has 21 heavy (non-hydrogen) atoms. The summed E-state index contributed by atoms with van der Waals surface area (Å²) in [5.41, 5.74) is -0.672. The number of thioether (sulfide) groups is 1. The molecule has 7 heteroatoms. The molecule has 0 aliphatic heterocycles. The molecule has 116 valence electrons. The van der Waals surface area contributed by atoms with Crippen LogP contribution >= 0.6 is 11.8 Å². The number of nitrogens with one attached hydrogen (secondary N) is 2. The van der Waals surface area contributed by atoms with Crippen LogP contribution in [-0.2, 0) is 14.3 Å². The van der Waals surface area contributed by atoms with E-state index in [1.807, 2.05) is 12.3 Å². The van der Waals surface area contributed by atoms with Crippen molar-refractivity contribution >= 4 is 29.3 Å². The molecule has 0 heterocycles. The zero-order valence-corrected chi connectivity index (χ0v) is 13.1. The van der Waals surface area contributed by atoms with Crippen molar-refractivity contribution in [3.05, 3.63) is 24.3 Å². The van der Waals surface area contributed by atoms with E-state index in [1.54, 1.807) is 18.2 Å². The topological polar surface area (TPSA) is 87.7 Å². The van der Waals surface area contributed by atoms with E-state index in [0.717, 1.165) is 4.90 Å². The van der Waals surface area contributed by atoms with Gasteiger partial charge in [0.2, 0.25) is 0 Å². The van der Waals surface area contributed by atoms with E-state index >= 15 is 0 Å². The third-order valence-corrected chi connectivity index (χ3v) is 3.34. The van der Waals surface area contributed by atoms with Gasteiger partial charge in [0.25, 0.3) is 0 Å². The lowest BCUT2D eigenvalue weighted by atomic mass is 10.1. The maximum absolute atomic E-state index is 11.7. The molecule has 0 spiro atoms. The largest absolute Gasteiger partial charge is 0.386 e. The first-order valence-electron chi connectivity index (χ1n) is 6.32. The summed E-state index contributed by atoms with van der Waals surface area (Å²) < 4.78 is 4.82. The third kappa shape index (κ3) is 6.16. The number of amides is 2. The molecule has 0 fully saturated rings. The van der Waals surface area contributed by atoms with E-state index in [4.69, 9.17) is 4.74 Å². The highest BCUT2D eigenvalue weighted by Crippen LogP contribution is 2.18. The Morgan fingerprint density at radius 2 is 2.10 bits per heavy atom. The van der Waals surface area contributed by atoms with Crippen LogP contribution in [0.5, 0.6) is 0 Å². The van der Waals surface area contributed by atoms with Crippen LogP contribution in [0.15, 0.2) is 29.2 Å². The molecule has 0 saturated heterocycles. The highest BCUT2D eigenvalue weighted by atomic mass is 32.2. The molecule has 0 aliphatic rings. The van der Waals surface area contributed by atoms with Crippen molar-refractivity contribution in [3.8, 4) is 0 Å². The molecule has 0 bridgehead atoms. The second-order valence-electron chi connectivity index (χ2n) is 4.80. The average Bonchev–Trinajstić information content (AvgIpc) is 2.45. The Morgan fingerprint density at radius 1 is 1.38 bits per heavy atom. The minimum absolute atomic E-state index is 0.0602. The lowest BCUT2D eigenvalue weighted by Crippen LogP contribution is -2.46. The summed E-state index contributed by atoms with van der Waals surface area (Å²) in [6.07, 6.45) is 1.92. The average molecular weight is 312 g/mol. The van der Waals surface area contributed by atoms with Crippen molar-refractivity contribution in [2.75, 3.05) is 31.8 Å². The fraction of sp³-hybridized carbons (Fsp3) is 0.429. The van der Waals surface area contributed by atoms with Gasteiger partial charge in [-0.2, -0.15) is 0 Å². The second kappa shape index (κ2) is 8.02. The van der Waals surface area contributed by atoms with E-state index in [2.05, 4.69) is 10.6 Å². The zero-order chi connectivity index (χ0) is 15.9. The highest BCUT2D eigenvalue weighted by Gasteiger charge is 2.23. The molecule has 0 aliphatic carbocycles. The van der Waals surface area contributed by atoms with Gasteiger partial charge in [0.15, 0.2) is 0 Å². The SMILES string of the molecule is COCC(C)(O)CNC(=O)C(=O)Nc1cccc(SC)c1. The van der Waals surface area contributed by atoms with E-state index < -0.39 is 17.4 Å². The van der Waals surface area contributed by atoms with Crippen LogP contribution in [0.1, 0.15) is 6.92 Å². The van der Waals surface area contributed by atoms with Crippen molar-refractivity contribution in [1.82, 2.24) is 5.32 Å². The Bertz CT molecular complexity index is 506. The summed E-state index contributed by atoms with van der Waals surface area (Å²) in [5, 5.41) is 14.7.